The maximum Gasteiger partial charge on any atom is 0.260 e. The zero-order valence-corrected chi connectivity index (χ0v) is 19.3. The van der Waals surface area contributed by atoms with Gasteiger partial charge >= 0.3 is 0 Å². The van der Waals surface area contributed by atoms with Gasteiger partial charge in [-0.25, -0.2) is 13.4 Å². The Balaban J connectivity index is 1.23. The van der Waals surface area contributed by atoms with E-state index in [1.807, 2.05) is 31.2 Å². The highest BCUT2D eigenvalue weighted by Gasteiger charge is 2.39. The van der Waals surface area contributed by atoms with Crippen molar-refractivity contribution in [1.82, 2.24) is 9.88 Å². The number of anilines is 1. The average molecular weight is 460 g/mol. The summed E-state index contributed by atoms with van der Waals surface area (Å²) in [5.74, 6) is 1.12. The van der Waals surface area contributed by atoms with Crippen LogP contribution in [-0.2, 0) is 14.8 Å². The lowest BCUT2D eigenvalue weighted by molar-refractivity contribution is -0.135. The molecular weight excluding hydrogens is 430 g/mol. The first-order chi connectivity index (χ1) is 15.3. The van der Waals surface area contributed by atoms with Crippen molar-refractivity contribution >= 4 is 21.6 Å². The first kappa shape index (κ1) is 22.4. The quantitative estimate of drug-likeness (QED) is 0.603. The lowest BCUT2D eigenvalue weighted by atomic mass is 10.1. The average Bonchev–Trinajstić information content (AvgIpc) is 3.64. The second-order valence-corrected chi connectivity index (χ2v) is 10.6. The number of amides is 1. The van der Waals surface area contributed by atoms with Crippen molar-refractivity contribution in [3.63, 3.8) is 0 Å². The van der Waals surface area contributed by atoms with Crippen LogP contribution in [0.1, 0.15) is 31.2 Å². The van der Waals surface area contributed by atoms with Gasteiger partial charge in [-0.3, -0.25) is 9.10 Å². The molecule has 0 spiro atoms. The normalized spacial score (nSPS) is 17.1. The number of nitrogens with zero attached hydrogens (tertiary/aromatic N) is 3. The molecule has 1 saturated heterocycles. The van der Waals surface area contributed by atoms with Crippen molar-refractivity contribution in [2.45, 2.75) is 44.0 Å². The van der Waals surface area contributed by atoms with Gasteiger partial charge in [0.2, 0.25) is 15.9 Å². The maximum absolute atomic E-state index is 12.4. The Labute approximate surface area is 189 Å². The summed E-state index contributed by atoms with van der Waals surface area (Å²) in [5.41, 5.74) is 1.61. The van der Waals surface area contributed by atoms with Gasteiger partial charge in [0.25, 0.3) is 5.91 Å². The third-order valence-electron chi connectivity index (χ3n) is 5.85. The largest absolute Gasteiger partial charge is 0.484 e. The third-order valence-corrected chi connectivity index (χ3v) is 8.13. The standard InChI is InChI=1S/C23H29N3O5S/c1-17-4-3-5-20(14-17)30-16-23(27)26-12-10-19(11-13-26)31-22-9-6-18(15-24-22)25(2)32(28,29)21-7-8-21/h3-6,9,14-15,19,21H,7-8,10-13,16H2,1-2H3. The highest BCUT2D eigenvalue weighted by molar-refractivity contribution is 7.93. The van der Waals surface area contributed by atoms with Crippen LogP contribution in [0.3, 0.4) is 0 Å². The van der Waals surface area contributed by atoms with Crippen molar-refractivity contribution < 1.29 is 22.7 Å². The first-order valence-electron chi connectivity index (χ1n) is 10.9. The Bertz CT molecular complexity index is 1050. The number of benzene rings is 1. The number of aromatic nitrogens is 1. The summed E-state index contributed by atoms with van der Waals surface area (Å²) in [4.78, 5) is 18.5. The number of aryl methyl sites for hydroxylation is 1. The van der Waals surface area contributed by atoms with Crippen molar-refractivity contribution in [1.29, 1.82) is 0 Å². The summed E-state index contributed by atoms with van der Waals surface area (Å²) in [6.45, 7) is 3.20. The smallest absolute Gasteiger partial charge is 0.260 e. The fraction of sp³-hybridized carbons (Fsp3) is 0.478. The topological polar surface area (TPSA) is 89.0 Å². The van der Waals surface area contributed by atoms with Crippen molar-refractivity contribution in [2.75, 3.05) is 31.0 Å². The van der Waals surface area contributed by atoms with Crippen LogP contribution in [-0.4, -0.2) is 62.3 Å². The van der Waals surface area contributed by atoms with E-state index in [4.69, 9.17) is 9.47 Å². The number of carbonyl (C=O) groups is 1. The molecule has 4 rings (SSSR count). The molecule has 2 fully saturated rings. The molecule has 32 heavy (non-hydrogen) atoms. The molecule has 1 amide bonds. The van der Waals surface area contributed by atoms with Gasteiger partial charge in [-0.15, -0.1) is 0 Å². The fourth-order valence-corrected chi connectivity index (χ4v) is 5.28. The molecule has 2 aliphatic rings. The SMILES string of the molecule is Cc1cccc(OCC(=O)N2CCC(Oc3ccc(N(C)S(=O)(=O)C4CC4)cn3)CC2)c1. The Hall–Kier alpha value is -2.81. The highest BCUT2D eigenvalue weighted by atomic mass is 32.2. The molecule has 0 unspecified atom stereocenters. The van der Waals surface area contributed by atoms with Gasteiger partial charge in [0, 0.05) is 39.0 Å². The third kappa shape index (κ3) is 5.32. The minimum atomic E-state index is -3.29. The molecule has 1 aliphatic carbocycles. The minimum absolute atomic E-state index is 0.0231. The number of rotatable bonds is 8. The van der Waals surface area contributed by atoms with Crippen LogP contribution in [0, 0.1) is 6.92 Å². The monoisotopic (exact) mass is 459 g/mol. The Kier molecular flexibility index (Phi) is 6.55. The molecule has 0 atom stereocenters. The van der Waals surface area contributed by atoms with Crippen LogP contribution >= 0.6 is 0 Å². The molecule has 172 valence electrons. The number of ether oxygens (including phenoxy) is 2. The molecule has 1 aromatic heterocycles. The van der Waals surface area contributed by atoms with Crippen LogP contribution in [0.5, 0.6) is 11.6 Å². The Morgan fingerprint density at radius 1 is 1.16 bits per heavy atom. The van der Waals surface area contributed by atoms with Crippen molar-refractivity contribution in [2.24, 2.45) is 0 Å². The fourth-order valence-electron chi connectivity index (χ4n) is 3.70. The van der Waals surface area contributed by atoms with Crippen molar-refractivity contribution in [3.05, 3.63) is 48.2 Å². The van der Waals surface area contributed by atoms with Crippen molar-refractivity contribution in [3.8, 4) is 11.6 Å². The van der Waals surface area contributed by atoms with Gasteiger partial charge in [0.1, 0.15) is 11.9 Å². The van der Waals surface area contributed by atoms with E-state index in [0.717, 1.165) is 18.4 Å². The van der Waals surface area contributed by atoms with Gasteiger partial charge < -0.3 is 14.4 Å². The van der Waals surface area contributed by atoms with Crippen LogP contribution in [0.15, 0.2) is 42.6 Å². The lowest BCUT2D eigenvalue weighted by Crippen LogP contribution is -2.43. The van der Waals surface area contributed by atoms with Crippen LogP contribution in [0.2, 0.25) is 0 Å². The molecule has 1 aromatic carbocycles. The van der Waals surface area contributed by atoms with Gasteiger partial charge in [-0.05, 0) is 43.5 Å². The molecule has 9 heteroatoms. The molecule has 0 radical (unpaired) electrons. The van der Waals surface area contributed by atoms with E-state index in [1.54, 1.807) is 24.1 Å². The van der Waals surface area contributed by atoms with Crippen LogP contribution in [0.4, 0.5) is 5.69 Å². The molecule has 2 aromatic rings. The number of pyridine rings is 1. The minimum Gasteiger partial charge on any atom is -0.484 e. The van der Waals surface area contributed by atoms with E-state index in [1.165, 1.54) is 10.5 Å². The van der Waals surface area contributed by atoms with E-state index in [0.29, 0.717) is 43.2 Å². The molecule has 1 aliphatic heterocycles. The number of hydrogen-bond donors (Lipinski definition) is 0. The number of likely N-dealkylation sites (tertiary alicyclic amines) is 1. The zero-order chi connectivity index (χ0) is 22.7. The molecule has 0 bridgehead atoms. The second-order valence-electron chi connectivity index (χ2n) is 8.37. The number of sulfonamides is 1. The predicted molar refractivity (Wildman–Crippen MR) is 121 cm³/mol. The summed E-state index contributed by atoms with van der Waals surface area (Å²) in [6.07, 6.45) is 4.34. The molecule has 8 nitrogen and oxygen atoms in total. The number of piperidine rings is 1. The summed E-state index contributed by atoms with van der Waals surface area (Å²) in [6, 6.07) is 11.0. The number of hydrogen-bond acceptors (Lipinski definition) is 6. The summed E-state index contributed by atoms with van der Waals surface area (Å²) < 4.78 is 37.6. The Morgan fingerprint density at radius 2 is 1.91 bits per heavy atom. The van der Waals surface area contributed by atoms with E-state index >= 15 is 0 Å². The molecular formula is C23H29N3O5S. The maximum atomic E-state index is 12.4. The van der Waals surface area contributed by atoms with E-state index in [-0.39, 0.29) is 23.9 Å². The van der Waals surface area contributed by atoms with Gasteiger partial charge in [-0.1, -0.05) is 12.1 Å². The first-order valence-corrected chi connectivity index (χ1v) is 12.4. The van der Waals surface area contributed by atoms with E-state index in [9.17, 15) is 13.2 Å². The molecule has 1 saturated carbocycles. The predicted octanol–water partition coefficient (Wildman–Crippen LogP) is 2.77. The molecule has 2 heterocycles. The summed E-state index contributed by atoms with van der Waals surface area (Å²) in [7, 11) is -1.74. The van der Waals surface area contributed by atoms with E-state index < -0.39 is 10.0 Å². The number of carbonyl (C=O) groups excluding carboxylic acids is 1. The summed E-state index contributed by atoms with van der Waals surface area (Å²) in [5, 5.41) is -0.265. The summed E-state index contributed by atoms with van der Waals surface area (Å²) >= 11 is 0. The van der Waals surface area contributed by atoms with Gasteiger partial charge in [-0.2, -0.15) is 0 Å². The highest BCUT2D eigenvalue weighted by Crippen LogP contribution is 2.32. The van der Waals surface area contributed by atoms with Crippen LogP contribution < -0.4 is 13.8 Å². The second kappa shape index (κ2) is 9.36. The van der Waals surface area contributed by atoms with Gasteiger partial charge in [0.05, 0.1) is 17.1 Å². The Morgan fingerprint density at radius 3 is 2.53 bits per heavy atom. The zero-order valence-electron chi connectivity index (χ0n) is 18.4. The van der Waals surface area contributed by atoms with Gasteiger partial charge in [0.15, 0.2) is 6.61 Å². The van der Waals surface area contributed by atoms with Crippen LogP contribution in [0.25, 0.3) is 0 Å². The lowest BCUT2D eigenvalue weighted by Gasteiger charge is -2.32. The van der Waals surface area contributed by atoms with E-state index in [2.05, 4.69) is 4.98 Å². The molecule has 0 N–H and O–H groups in total.